The van der Waals surface area contributed by atoms with Gasteiger partial charge < -0.3 is 19.5 Å². The van der Waals surface area contributed by atoms with Crippen LogP contribution in [0.15, 0.2) is 42.5 Å². The number of amides is 1. The van der Waals surface area contributed by atoms with E-state index in [-0.39, 0.29) is 24.0 Å². The van der Waals surface area contributed by atoms with E-state index < -0.39 is 4.92 Å². The van der Waals surface area contributed by atoms with Crippen LogP contribution in [-0.2, 0) is 11.3 Å². The monoisotopic (exact) mass is 346 g/mol. The van der Waals surface area contributed by atoms with Crippen LogP contribution < -0.4 is 19.5 Å². The molecule has 0 aliphatic heterocycles. The number of rotatable bonds is 8. The number of non-ortho nitro benzene ring substituents is 1. The number of benzene rings is 2. The van der Waals surface area contributed by atoms with Crippen molar-refractivity contribution in [3.8, 4) is 17.2 Å². The zero-order valence-electron chi connectivity index (χ0n) is 13.9. The van der Waals surface area contributed by atoms with Crippen molar-refractivity contribution < 1.29 is 23.9 Å². The number of ether oxygens (including phenoxy) is 3. The lowest BCUT2D eigenvalue weighted by Gasteiger charge is -2.11. The minimum Gasteiger partial charge on any atom is -0.497 e. The third kappa shape index (κ3) is 5.10. The summed E-state index contributed by atoms with van der Waals surface area (Å²) in [6.45, 7) is 0.0476. The molecule has 2 rings (SSSR count). The van der Waals surface area contributed by atoms with E-state index in [2.05, 4.69) is 5.32 Å². The van der Waals surface area contributed by atoms with Gasteiger partial charge in [0.1, 0.15) is 5.75 Å². The third-order valence-electron chi connectivity index (χ3n) is 3.37. The first-order valence-corrected chi connectivity index (χ1v) is 7.38. The molecule has 1 N–H and O–H groups in total. The average molecular weight is 346 g/mol. The average Bonchev–Trinajstić information content (AvgIpc) is 2.64. The van der Waals surface area contributed by atoms with Gasteiger partial charge in [0.2, 0.25) is 0 Å². The summed E-state index contributed by atoms with van der Waals surface area (Å²) in [5, 5.41) is 13.5. The fourth-order valence-corrected chi connectivity index (χ4v) is 2.03. The molecule has 2 aromatic rings. The van der Waals surface area contributed by atoms with Crippen molar-refractivity contribution in [2.24, 2.45) is 0 Å². The van der Waals surface area contributed by atoms with Gasteiger partial charge in [-0.3, -0.25) is 14.9 Å². The number of nitro groups is 1. The van der Waals surface area contributed by atoms with Gasteiger partial charge in [-0.1, -0.05) is 12.1 Å². The van der Waals surface area contributed by atoms with E-state index in [1.807, 2.05) is 12.1 Å². The SMILES string of the molecule is COc1ccc(CNC(=O)COc2cc([N+](=O)[O-])ccc2OC)cc1. The highest BCUT2D eigenvalue weighted by Gasteiger charge is 2.13. The van der Waals surface area contributed by atoms with E-state index in [0.717, 1.165) is 11.3 Å². The molecule has 0 radical (unpaired) electrons. The van der Waals surface area contributed by atoms with Gasteiger partial charge in [0.05, 0.1) is 25.2 Å². The summed E-state index contributed by atoms with van der Waals surface area (Å²) >= 11 is 0. The molecule has 0 atom stereocenters. The molecular weight excluding hydrogens is 328 g/mol. The Kier molecular flexibility index (Phi) is 6.16. The summed E-state index contributed by atoms with van der Waals surface area (Å²) in [5.74, 6) is 0.824. The van der Waals surface area contributed by atoms with Crippen LogP contribution >= 0.6 is 0 Å². The Hall–Kier alpha value is -3.29. The number of nitrogens with zero attached hydrogens (tertiary/aromatic N) is 1. The summed E-state index contributed by atoms with van der Waals surface area (Å²) in [7, 11) is 2.99. The van der Waals surface area contributed by atoms with E-state index in [9.17, 15) is 14.9 Å². The molecule has 0 saturated carbocycles. The first kappa shape index (κ1) is 18.1. The van der Waals surface area contributed by atoms with Crippen LogP contribution in [0.25, 0.3) is 0 Å². The van der Waals surface area contributed by atoms with Crippen molar-refractivity contribution in [3.05, 3.63) is 58.1 Å². The molecule has 25 heavy (non-hydrogen) atoms. The molecule has 0 saturated heterocycles. The molecule has 0 heterocycles. The van der Waals surface area contributed by atoms with Gasteiger partial charge in [-0.15, -0.1) is 0 Å². The number of nitrogens with one attached hydrogen (secondary N) is 1. The molecule has 2 aromatic carbocycles. The Morgan fingerprint density at radius 1 is 1.08 bits per heavy atom. The van der Waals surface area contributed by atoms with Crippen LogP contribution in [-0.4, -0.2) is 31.7 Å². The number of hydrogen-bond acceptors (Lipinski definition) is 6. The molecule has 0 unspecified atom stereocenters. The van der Waals surface area contributed by atoms with Crippen LogP contribution in [0.2, 0.25) is 0 Å². The Bertz CT molecular complexity index is 745. The highest BCUT2D eigenvalue weighted by molar-refractivity contribution is 5.77. The Morgan fingerprint density at radius 3 is 2.40 bits per heavy atom. The van der Waals surface area contributed by atoms with Gasteiger partial charge in [0, 0.05) is 12.6 Å². The summed E-state index contributed by atoms with van der Waals surface area (Å²) in [6, 6.07) is 11.2. The van der Waals surface area contributed by atoms with Crippen LogP contribution in [0, 0.1) is 10.1 Å². The smallest absolute Gasteiger partial charge is 0.273 e. The first-order valence-electron chi connectivity index (χ1n) is 7.38. The van der Waals surface area contributed by atoms with Crippen LogP contribution in [0.3, 0.4) is 0 Å². The second-order valence-corrected chi connectivity index (χ2v) is 5.01. The van der Waals surface area contributed by atoms with Crippen molar-refractivity contribution in [1.29, 1.82) is 0 Å². The first-order chi connectivity index (χ1) is 12.0. The number of methoxy groups -OCH3 is 2. The second kappa shape index (κ2) is 8.53. The minimum atomic E-state index is -0.546. The Morgan fingerprint density at radius 2 is 1.80 bits per heavy atom. The quantitative estimate of drug-likeness (QED) is 0.581. The van der Waals surface area contributed by atoms with Gasteiger partial charge in [-0.05, 0) is 23.8 Å². The number of hydrogen-bond donors (Lipinski definition) is 1. The molecule has 0 bridgehead atoms. The van der Waals surface area contributed by atoms with Crippen LogP contribution in [0.4, 0.5) is 5.69 Å². The van der Waals surface area contributed by atoms with E-state index in [0.29, 0.717) is 12.3 Å². The maximum Gasteiger partial charge on any atom is 0.273 e. The molecule has 0 aliphatic rings. The molecule has 0 fully saturated rings. The summed E-state index contributed by atoms with van der Waals surface area (Å²) in [6.07, 6.45) is 0. The second-order valence-electron chi connectivity index (χ2n) is 5.01. The topological polar surface area (TPSA) is 99.9 Å². The van der Waals surface area contributed by atoms with E-state index in [1.54, 1.807) is 19.2 Å². The Balaban J connectivity index is 1.90. The fourth-order valence-electron chi connectivity index (χ4n) is 2.03. The van der Waals surface area contributed by atoms with Crippen molar-refractivity contribution in [3.63, 3.8) is 0 Å². The molecule has 0 aliphatic carbocycles. The van der Waals surface area contributed by atoms with E-state index in [4.69, 9.17) is 14.2 Å². The predicted octanol–water partition coefficient (Wildman–Crippen LogP) is 2.31. The van der Waals surface area contributed by atoms with E-state index >= 15 is 0 Å². The molecule has 0 aromatic heterocycles. The highest BCUT2D eigenvalue weighted by Crippen LogP contribution is 2.30. The largest absolute Gasteiger partial charge is 0.497 e. The summed E-state index contributed by atoms with van der Waals surface area (Å²) in [5.41, 5.74) is 0.761. The van der Waals surface area contributed by atoms with Gasteiger partial charge in [0.15, 0.2) is 18.1 Å². The maximum atomic E-state index is 11.9. The standard InChI is InChI=1S/C17H18N2O6/c1-23-14-6-3-12(4-7-14)10-18-17(20)11-25-16-9-13(19(21)22)5-8-15(16)24-2/h3-9H,10-11H2,1-2H3,(H,18,20). The highest BCUT2D eigenvalue weighted by atomic mass is 16.6. The lowest BCUT2D eigenvalue weighted by Crippen LogP contribution is -2.28. The predicted molar refractivity (Wildman–Crippen MR) is 90.0 cm³/mol. The Labute approximate surface area is 144 Å². The number of nitro benzene ring substituents is 1. The van der Waals surface area contributed by atoms with Crippen molar-refractivity contribution in [2.75, 3.05) is 20.8 Å². The zero-order valence-corrected chi connectivity index (χ0v) is 13.9. The zero-order chi connectivity index (χ0) is 18.2. The molecule has 8 nitrogen and oxygen atoms in total. The van der Waals surface area contributed by atoms with Gasteiger partial charge in [-0.25, -0.2) is 0 Å². The summed E-state index contributed by atoms with van der Waals surface area (Å²) < 4.78 is 15.5. The number of carbonyl (C=O) groups is 1. The fraction of sp³-hybridized carbons (Fsp3) is 0.235. The lowest BCUT2D eigenvalue weighted by atomic mass is 10.2. The molecule has 132 valence electrons. The maximum absolute atomic E-state index is 11.9. The minimum absolute atomic E-state index is 0.135. The van der Waals surface area contributed by atoms with E-state index in [1.165, 1.54) is 25.3 Å². The van der Waals surface area contributed by atoms with Gasteiger partial charge >= 0.3 is 0 Å². The number of carbonyl (C=O) groups excluding carboxylic acids is 1. The van der Waals surface area contributed by atoms with Crippen LogP contribution in [0.5, 0.6) is 17.2 Å². The van der Waals surface area contributed by atoms with Gasteiger partial charge in [0.25, 0.3) is 11.6 Å². The molecule has 1 amide bonds. The van der Waals surface area contributed by atoms with Gasteiger partial charge in [-0.2, -0.15) is 0 Å². The van der Waals surface area contributed by atoms with Crippen molar-refractivity contribution in [2.45, 2.75) is 6.54 Å². The molecule has 8 heteroatoms. The van der Waals surface area contributed by atoms with Crippen molar-refractivity contribution in [1.82, 2.24) is 5.32 Å². The summed E-state index contributed by atoms with van der Waals surface area (Å²) in [4.78, 5) is 22.2. The van der Waals surface area contributed by atoms with Crippen LogP contribution in [0.1, 0.15) is 5.56 Å². The third-order valence-corrected chi connectivity index (χ3v) is 3.37. The molecular formula is C17H18N2O6. The lowest BCUT2D eigenvalue weighted by molar-refractivity contribution is -0.385. The van der Waals surface area contributed by atoms with Crippen molar-refractivity contribution >= 4 is 11.6 Å². The molecule has 0 spiro atoms. The normalized spacial score (nSPS) is 10.0.